The minimum atomic E-state index is -3.81. The van der Waals surface area contributed by atoms with Gasteiger partial charge in [0.2, 0.25) is 0 Å². The van der Waals surface area contributed by atoms with Crippen LogP contribution < -0.4 is 10.8 Å². The van der Waals surface area contributed by atoms with Crippen molar-refractivity contribution in [1.82, 2.24) is 10.2 Å². The first-order valence-electron chi connectivity index (χ1n) is 8.38. The number of nitrogens with two attached hydrogens (primary N) is 1. The molecule has 4 atom stereocenters. The molecule has 0 aromatic heterocycles. The van der Waals surface area contributed by atoms with Crippen molar-refractivity contribution in [2.24, 2.45) is 17.3 Å². The summed E-state index contributed by atoms with van der Waals surface area (Å²) in [6.07, 6.45) is 0.828. The van der Waals surface area contributed by atoms with Gasteiger partial charge in [0.1, 0.15) is 5.28 Å². The molecule has 4 unspecified atom stereocenters. The maximum absolute atomic E-state index is 11.9. The maximum Gasteiger partial charge on any atom is 0.288 e. The Morgan fingerprint density at radius 3 is 2.38 bits per heavy atom. The van der Waals surface area contributed by atoms with Crippen LogP contribution >= 0.6 is 7.52 Å². The van der Waals surface area contributed by atoms with Crippen LogP contribution in [0.1, 0.15) is 41.0 Å². The van der Waals surface area contributed by atoms with Crippen LogP contribution in [0.4, 0.5) is 0 Å². The molecule has 0 bridgehead atoms. The van der Waals surface area contributed by atoms with Gasteiger partial charge in [-0.15, -0.1) is 0 Å². The van der Waals surface area contributed by atoms with Crippen LogP contribution in [0.3, 0.4) is 0 Å². The normalized spacial score (nSPS) is 25.5. The third-order valence-electron chi connectivity index (χ3n) is 5.16. The minimum Gasteiger partial charge on any atom is -0.380 e. The molecular weight excluding hydrogens is 325 g/mol. The molecule has 1 aliphatic heterocycles. The van der Waals surface area contributed by atoms with Gasteiger partial charge in [0.15, 0.2) is 0 Å². The number of rotatable bonds is 8. The van der Waals surface area contributed by atoms with E-state index in [1.807, 2.05) is 0 Å². The summed E-state index contributed by atoms with van der Waals surface area (Å²) in [5.41, 5.74) is 7.15. The quantitative estimate of drug-likeness (QED) is 0.578. The molecule has 0 aromatic rings. The fourth-order valence-corrected chi connectivity index (χ4v) is 3.12. The first-order chi connectivity index (χ1) is 10.8. The van der Waals surface area contributed by atoms with Gasteiger partial charge in [-0.2, -0.15) is 0 Å². The highest BCUT2D eigenvalue weighted by atomic mass is 31.2. The Hall–Kier alpha value is -0.810. The van der Waals surface area contributed by atoms with Gasteiger partial charge in [0.05, 0.1) is 12.1 Å². The molecule has 0 amide bonds. The van der Waals surface area contributed by atoms with Gasteiger partial charge in [-0.1, -0.05) is 33.9 Å². The van der Waals surface area contributed by atoms with Gasteiger partial charge in [0, 0.05) is 31.5 Å². The number of allylic oxidation sites excluding steroid dienone is 1. The van der Waals surface area contributed by atoms with Crippen molar-refractivity contribution in [3.8, 4) is 0 Å². The zero-order valence-corrected chi connectivity index (χ0v) is 16.8. The number of hydrogen-bond donors (Lipinski definition) is 3. The molecule has 6 nitrogen and oxygen atoms in total. The number of nitrogens with one attached hydrogen (secondary N) is 1. The highest BCUT2D eigenvalue weighted by Gasteiger charge is 2.41. The monoisotopic (exact) mass is 359 g/mol. The first kappa shape index (κ1) is 21.2. The second-order valence-corrected chi connectivity index (χ2v) is 9.98. The Morgan fingerprint density at radius 1 is 1.42 bits per heavy atom. The number of likely N-dealkylation sites (tertiary alicyclic amines) is 1. The summed E-state index contributed by atoms with van der Waals surface area (Å²) in [5.74, 6) is 0.793. The van der Waals surface area contributed by atoms with Crippen LogP contribution in [0.25, 0.3) is 0 Å². The van der Waals surface area contributed by atoms with Gasteiger partial charge < -0.3 is 19.8 Å². The zero-order valence-electron chi connectivity index (χ0n) is 15.9. The smallest absolute Gasteiger partial charge is 0.288 e. The lowest BCUT2D eigenvalue weighted by atomic mass is 9.94. The standard InChI is InChI=1S/C17H34N3O3P/c1-11(2)12(3)14(5)20-10-15(23-8)9-16(20)13(4)19-17(6,7)24(18,21)22/h11-12,15-16,19H,4-5,9-10H2,1-3,6-8H3,(H3,18,21,22). The highest BCUT2D eigenvalue weighted by molar-refractivity contribution is 7.57. The summed E-state index contributed by atoms with van der Waals surface area (Å²) in [6.45, 7) is 18.8. The largest absolute Gasteiger partial charge is 0.380 e. The minimum absolute atomic E-state index is 0.0468. The molecule has 24 heavy (non-hydrogen) atoms. The molecule has 1 saturated heterocycles. The summed E-state index contributed by atoms with van der Waals surface area (Å²) in [7, 11) is -2.11. The van der Waals surface area contributed by atoms with E-state index < -0.39 is 12.8 Å². The summed E-state index contributed by atoms with van der Waals surface area (Å²) in [6, 6.07) is -0.0468. The van der Waals surface area contributed by atoms with Crippen molar-refractivity contribution in [3.63, 3.8) is 0 Å². The highest BCUT2D eigenvalue weighted by Crippen LogP contribution is 2.45. The van der Waals surface area contributed by atoms with Gasteiger partial charge in [0.25, 0.3) is 7.52 Å². The molecule has 4 N–H and O–H groups in total. The second kappa shape index (κ2) is 7.61. The second-order valence-electron chi connectivity index (χ2n) is 7.62. The third-order valence-corrected chi connectivity index (χ3v) is 6.87. The predicted molar refractivity (Wildman–Crippen MR) is 99.4 cm³/mol. The van der Waals surface area contributed by atoms with E-state index in [4.69, 9.17) is 10.2 Å². The fraction of sp³-hybridized carbons (Fsp3) is 0.765. The number of hydrogen-bond acceptors (Lipinski definition) is 4. The van der Waals surface area contributed by atoms with Crippen LogP contribution in [-0.4, -0.2) is 40.9 Å². The van der Waals surface area contributed by atoms with Crippen molar-refractivity contribution in [2.45, 2.75) is 58.5 Å². The maximum atomic E-state index is 11.9. The van der Waals surface area contributed by atoms with Crippen molar-refractivity contribution in [3.05, 3.63) is 24.6 Å². The summed E-state index contributed by atoms with van der Waals surface area (Å²) in [4.78, 5) is 11.9. The molecule has 7 heteroatoms. The third kappa shape index (κ3) is 4.63. The van der Waals surface area contributed by atoms with Gasteiger partial charge >= 0.3 is 0 Å². The lowest BCUT2D eigenvalue weighted by Crippen LogP contribution is -2.46. The van der Waals surface area contributed by atoms with Crippen molar-refractivity contribution in [2.75, 3.05) is 13.7 Å². The summed E-state index contributed by atoms with van der Waals surface area (Å²) < 4.78 is 17.4. The summed E-state index contributed by atoms with van der Waals surface area (Å²) >= 11 is 0. The molecule has 140 valence electrons. The topological polar surface area (TPSA) is 87.8 Å². The molecule has 0 aromatic carbocycles. The molecule has 0 radical (unpaired) electrons. The van der Waals surface area contributed by atoms with E-state index in [2.05, 4.69) is 44.1 Å². The van der Waals surface area contributed by atoms with E-state index in [0.29, 0.717) is 17.5 Å². The van der Waals surface area contributed by atoms with Crippen LogP contribution in [0, 0.1) is 11.8 Å². The zero-order chi connectivity index (χ0) is 18.9. The average molecular weight is 359 g/mol. The Bertz CT molecular complexity index is 527. The van der Waals surface area contributed by atoms with Gasteiger partial charge in [-0.05, 0) is 25.7 Å². The Kier molecular flexibility index (Phi) is 6.73. The first-order valence-corrected chi connectivity index (χ1v) is 10.1. The number of ether oxygens (including phenoxy) is 1. The predicted octanol–water partition coefficient (Wildman–Crippen LogP) is 2.87. The van der Waals surface area contributed by atoms with Gasteiger partial charge in [-0.25, -0.2) is 0 Å². The van der Waals surface area contributed by atoms with E-state index in [1.165, 1.54) is 0 Å². The lowest BCUT2D eigenvalue weighted by Gasteiger charge is -2.37. The van der Waals surface area contributed by atoms with Crippen molar-refractivity contribution in [1.29, 1.82) is 0 Å². The summed E-state index contributed by atoms with van der Waals surface area (Å²) in [5, 5.41) is 1.92. The molecule has 1 aliphatic rings. The van der Waals surface area contributed by atoms with E-state index in [9.17, 15) is 9.46 Å². The molecule has 1 rings (SSSR count). The molecule has 1 fully saturated rings. The van der Waals surface area contributed by atoms with Gasteiger partial charge in [-0.3, -0.25) is 10.1 Å². The van der Waals surface area contributed by atoms with Crippen LogP contribution in [0.5, 0.6) is 0 Å². The number of nitrogens with zero attached hydrogens (tertiary/aromatic N) is 1. The SMILES string of the molecule is C=C(NC(C)(C)P(N)(=O)O)C1CC(OC)CN1C(=C)C(C)C(C)C. The van der Waals surface area contributed by atoms with Crippen molar-refractivity contribution < 1.29 is 14.2 Å². The molecule has 0 spiro atoms. The molecule has 0 saturated carbocycles. The fourth-order valence-electron chi connectivity index (χ4n) is 2.82. The molecule has 1 heterocycles. The molecule has 0 aliphatic carbocycles. The van der Waals surface area contributed by atoms with E-state index >= 15 is 0 Å². The van der Waals surface area contributed by atoms with Crippen LogP contribution in [0.2, 0.25) is 0 Å². The van der Waals surface area contributed by atoms with E-state index in [-0.39, 0.29) is 12.1 Å². The molecular formula is C17H34N3O3P. The van der Waals surface area contributed by atoms with E-state index in [0.717, 1.165) is 18.7 Å². The lowest BCUT2D eigenvalue weighted by molar-refractivity contribution is 0.110. The van der Waals surface area contributed by atoms with E-state index in [1.54, 1.807) is 21.0 Å². The van der Waals surface area contributed by atoms with Crippen LogP contribution in [0.15, 0.2) is 24.6 Å². The average Bonchev–Trinajstić information content (AvgIpc) is 2.88. The number of methoxy groups -OCH3 is 1. The Labute approximate surface area is 146 Å². The Morgan fingerprint density at radius 2 is 1.96 bits per heavy atom. The van der Waals surface area contributed by atoms with Crippen LogP contribution in [-0.2, 0) is 9.30 Å². The Balaban J connectivity index is 2.99. The van der Waals surface area contributed by atoms with Crippen molar-refractivity contribution >= 4 is 7.52 Å².